The van der Waals surface area contributed by atoms with Crippen LogP contribution in [0.1, 0.15) is 57.8 Å². The first-order valence-corrected chi connectivity index (χ1v) is 13.7. The Hall–Kier alpha value is -2.33. The summed E-state index contributed by atoms with van der Waals surface area (Å²) in [7, 11) is -2.28. The van der Waals surface area contributed by atoms with Crippen molar-refractivity contribution in [3.63, 3.8) is 0 Å². The maximum absolute atomic E-state index is 13.0. The fourth-order valence-corrected chi connectivity index (χ4v) is 6.44. The van der Waals surface area contributed by atoms with Gasteiger partial charge < -0.3 is 19.1 Å². The number of sulfonamides is 1. The van der Waals surface area contributed by atoms with Crippen LogP contribution in [-0.2, 0) is 24.3 Å². The highest BCUT2D eigenvalue weighted by Gasteiger charge is 2.47. The summed E-state index contributed by atoms with van der Waals surface area (Å²) < 4.78 is 43.6. The largest absolute Gasteiger partial charge is 0.486 e. The van der Waals surface area contributed by atoms with Crippen molar-refractivity contribution >= 4 is 21.9 Å². The molecule has 1 amide bonds. The number of carbonyl (C=O) groups is 2. The predicted molar refractivity (Wildman–Crippen MR) is 124 cm³/mol. The molecule has 3 aliphatic rings. The number of unbranched alkanes of at least 4 members (excludes halogenated alkanes) is 2. The molecule has 0 aromatic heterocycles. The van der Waals surface area contributed by atoms with Gasteiger partial charge in [-0.1, -0.05) is 19.3 Å². The normalized spacial score (nSPS) is 23.9. The molecule has 0 bridgehead atoms. The van der Waals surface area contributed by atoms with Gasteiger partial charge in [-0.25, -0.2) is 17.9 Å². The molecular weight excluding hydrogens is 460 g/mol. The summed E-state index contributed by atoms with van der Waals surface area (Å²) in [4.78, 5) is 27.2. The molecule has 0 spiro atoms. The van der Waals surface area contributed by atoms with E-state index in [0.717, 1.165) is 25.7 Å². The smallest absolute Gasteiger partial charge is 0.328 e. The molecule has 10 heteroatoms. The molecule has 34 heavy (non-hydrogen) atoms. The molecule has 2 heterocycles. The molecule has 1 aliphatic carbocycles. The first-order chi connectivity index (χ1) is 16.4. The number of fused-ring (bicyclic) bond motifs is 2. The van der Waals surface area contributed by atoms with Crippen LogP contribution in [0.25, 0.3) is 0 Å². The van der Waals surface area contributed by atoms with Gasteiger partial charge in [0.1, 0.15) is 19.3 Å². The van der Waals surface area contributed by atoms with Gasteiger partial charge in [0.05, 0.1) is 12.0 Å². The molecule has 9 nitrogen and oxygen atoms in total. The first-order valence-electron chi connectivity index (χ1n) is 12.2. The Morgan fingerprint density at radius 3 is 2.65 bits per heavy atom. The van der Waals surface area contributed by atoms with Crippen molar-refractivity contribution < 1.29 is 32.2 Å². The Bertz CT molecular complexity index is 997. The van der Waals surface area contributed by atoms with Gasteiger partial charge in [-0.3, -0.25) is 4.79 Å². The number of rotatable bonds is 9. The summed E-state index contributed by atoms with van der Waals surface area (Å²) >= 11 is 0. The van der Waals surface area contributed by atoms with E-state index >= 15 is 0 Å². The van der Waals surface area contributed by atoms with Crippen molar-refractivity contribution in [1.29, 1.82) is 0 Å². The van der Waals surface area contributed by atoms with Gasteiger partial charge in [0, 0.05) is 25.1 Å². The van der Waals surface area contributed by atoms with Crippen LogP contribution in [0.4, 0.5) is 0 Å². The number of esters is 1. The first kappa shape index (κ1) is 24.8. The molecule has 1 saturated carbocycles. The molecular formula is C24H34N2O7S. The molecule has 0 radical (unpaired) electrons. The molecule has 1 aromatic rings. The van der Waals surface area contributed by atoms with Gasteiger partial charge in [-0.2, -0.15) is 0 Å². The van der Waals surface area contributed by atoms with Crippen LogP contribution < -0.4 is 14.2 Å². The van der Waals surface area contributed by atoms with E-state index in [-0.39, 0.29) is 29.4 Å². The van der Waals surface area contributed by atoms with Crippen LogP contribution in [0.2, 0.25) is 0 Å². The Kier molecular flexibility index (Phi) is 7.98. The molecule has 1 N–H and O–H groups in total. The maximum Gasteiger partial charge on any atom is 0.328 e. The van der Waals surface area contributed by atoms with Gasteiger partial charge in [-0.05, 0) is 50.2 Å². The number of nitrogens with one attached hydrogen (secondary N) is 1. The van der Waals surface area contributed by atoms with E-state index in [0.29, 0.717) is 62.7 Å². The zero-order chi connectivity index (χ0) is 24.1. The lowest BCUT2D eigenvalue weighted by molar-refractivity contribution is -0.152. The van der Waals surface area contributed by atoms with E-state index in [2.05, 4.69) is 4.72 Å². The highest BCUT2D eigenvalue weighted by molar-refractivity contribution is 7.89. The number of methoxy groups -OCH3 is 1. The van der Waals surface area contributed by atoms with Crippen molar-refractivity contribution in [3.8, 4) is 11.5 Å². The summed E-state index contributed by atoms with van der Waals surface area (Å²) in [5.41, 5.74) is 0. The second-order valence-corrected chi connectivity index (χ2v) is 11.0. The summed E-state index contributed by atoms with van der Waals surface area (Å²) in [6.07, 6.45) is 7.27. The molecule has 1 aromatic carbocycles. The molecule has 3 atom stereocenters. The van der Waals surface area contributed by atoms with Crippen LogP contribution in [0.3, 0.4) is 0 Å². The van der Waals surface area contributed by atoms with Gasteiger partial charge >= 0.3 is 5.97 Å². The minimum absolute atomic E-state index is 0.00154. The van der Waals surface area contributed by atoms with E-state index in [1.807, 2.05) is 0 Å². The number of hydrogen-bond donors (Lipinski definition) is 1. The van der Waals surface area contributed by atoms with Crippen LogP contribution in [0.15, 0.2) is 23.1 Å². The molecule has 2 aliphatic heterocycles. The zero-order valence-electron chi connectivity index (χ0n) is 19.7. The molecule has 2 fully saturated rings. The van der Waals surface area contributed by atoms with E-state index in [9.17, 15) is 18.0 Å². The lowest BCUT2D eigenvalue weighted by atomic mass is 9.84. The number of benzene rings is 1. The van der Waals surface area contributed by atoms with Gasteiger partial charge in [0.2, 0.25) is 15.9 Å². The number of amides is 1. The summed E-state index contributed by atoms with van der Waals surface area (Å²) in [6, 6.07) is 4.25. The zero-order valence-corrected chi connectivity index (χ0v) is 20.5. The van der Waals surface area contributed by atoms with Crippen molar-refractivity contribution in [3.05, 3.63) is 18.2 Å². The fourth-order valence-electron chi connectivity index (χ4n) is 5.35. The average molecular weight is 495 g/mol. The summed E-state index contributed by atoms with van der Waals surface area (Å²) in [5, 5.41) is 0. The minimum atomic E-state index is -3.66. The van der Waals surface area contributed by atoms with Crippen molar-refractivity contribution in [2.45, 2.75) is 74.8 Å². The standard InChI is InChI=1S/C24H34N2O7S/c1-31-24(28)20-15-17-7-4-5-8-19(17)26(20)23(27)9-3-2-6-12-25-34(29,30)18-10-11-21-22(16-18)33-14-13-32-21/h10-11,16-17,19-20,25H,2-9,12-15H2,1H3. The second kappa shape index (κ2) is 10.9. The lowest BCUT2D eigenvalue weighted by Gasteiger charge is -2.33. The van der Waals surface area contributed by atoms with Gasteiger partial charge in [0.15, 0.2) is 11.5 Å². The monoisotopic (exact) mass is 494 g/mol. The third kappa shape index (κ3) is 5.49. The second-order valence-electron chi connectivity index (χ2n) is 9.20. The Morgan fingerprint density at radius 1 is 1.09 bits per heavy atom. The topological polar surface area (TPSA) is 111 Å². The third-order valence-electron chi connectivity index (χ3n) is 7.03. The van der Waals surface area contributed by atoms with E-state index < -0.39 is 16.1 Å². The Morgan fingerprint density at radius 2 is 1.85 bits per heavy atom. The van der Waals surface area contributed by atoms with E-state index in [1.54, 1.807) is 11.0 Å². The number of hydrogen-bond acceptors (Lipinski definition) is 7. The van der Waals surface area contributed by atoms with Crippen LogP contribution in [-0.4, -0.2) is 64.1 Å². The predicted octanol–water partition coefficient (Wildman–Crippen LogP) is 2.63. The third-order valence-corrected chi connectivity index (χ3v) is 8.49. The van der Waals surface area contributed by atoms with Crippen LogP contribution >= 0.6 is 0 Å². The van der Waals surface area contributed by atoms with Gasteiger partial charge in [0.25, 0.3) is 0 Å². The summed E-state index contributed by atoms with van der Waals surface area (Å²) in [5.74, 6) is 1.04. The number of likely N-dealkylation sites (tertiary alicyclic amines) is 1. The van der Waals surface area contributed by atoms with Crippen molar-refractivity contribution in [2.75, 3.05) is 26.9 Å². The van der Waals surface area contributed by atoms with Crippen LogP contribution in [0.5, 0.6) is 11.5 Å². The number of nitrogens with zero attached hydrogens (tertiary/aromatic N) is 1. The number of ether oxygens (including phenoxy) is 3. The van der Waals surface area contributed by atoms with Crippen molar-refractivity contribution in [2.24, 2.45) is 5.92 Å². The number of carbonyl (C=O) groups excluding carboxylic acids is 2. The molecule has 1 saturated heterocycles. The fraction of sp³-hybridized carbons (Fsp3) is 0.667. The lowest BCUT2D eigenvalue weighted by Crippen LogP contribution is -2.46. The SMILES string of the molecule is COC(=O)C1CC2CCCCC2N1C(=O)CCCCCNS(=O)(=O)c1ccc2c(c1)OCCO2. The highest BCUT2D eigenvalue weighted by Crippen LogP contribution is 2.40. The summed E-state index contributed by atoms with van der Waals surface area (Å²) in [6.45, 7) is 1.12. The Balaban J connectivity index is 1.22. The average Bonchev–Trinajstić information content (AvgIpc) is 3.25. The quantitative estimate of drug-likeness (QED) is 0.415. The van der Waals surface area contributed by atoms with E-state index in [1.165, 1.54) is 19.2 Å². The minimum Gasteiger partial charge on any atom is -0.486 e. The van der Waals surface area contributed by atoms with Crippen LogP contribution in [0, 0.1) is 5.92 Å². The maximum atomic E-state index is 13.0. The van der Waals surface area contributed by atoms with Gasteiger partial charge in [-0.15, -0.1) is 0 Å². The highest BCUT2D eigenvalue weighted by atomic mass is 32.2. The molecule has 188 valence electrons. The Labute approximate surface area is 201 Å². The van der Waals surface area contributed by atoms with E-state index in [4.69, 9.17) is 14.2 Å². The molecule has 4 rings (SSSR count). The van der Waals surface area contributed by atoms with Crippen molar-refractivity contribution in [1.82, 2.24) is 9.62 Å². The molecule has 3 unspecified atom stereocenters.